The fourth-order valence-corrected chi connectivity index (χ4v) is 5.43. The van der Waals surface area contributed by atoms with Crippen LogP contribution in [0.4, 0.5) is 0 Å². The monoisotopic (exact) mass is 469 g/mol. The van der Waals surface area contributed by atoms with Crippen molar-refractivity contribution >= 4 is 28.6 Å². The van der Waals surface area contributed by atoms with Gasteiger partial charge in [-0.05, 0) is 68.1 Å². The molecule has 0 N–H and O–H groups in total. The maximum absolute atomic E-state index is 13.5. The van der Waals surface area contributed by atoms with Gasteiger partial charge >= 0.3 is 0 Å². The molecule has 2 heterocycles. The van der Waals surface area contributed by atoms with Gasteiger partial charge in [-0.1, -0.05) is 53.7 Å². The zero-order valence-corrected chi connectivity index (χ0v) is 20.3. The lowest BCUT2D eigenvalue weighted by atomic mass is 10.1. The minimum atomic E-state index is -0.0633. The van der Waals surface area contributed by atoms with Gasteiger partial charge in [-0.25, -0.2) is 4.98 Å². The van der Waals surface area contributed by atoms with Gasteiger partial charge in [0.05, 0.1) is 16.6 Å². The lowest BCUT2D eigenvalue weighted by Crippen LogP contribution is -2.27. The molecule has 0 spiro atoms. The lowest BCUT2D eigenvalue weighted by Gasteiger charge is -2.16. The summed E-state index contributed by atoms with van der Waals surface area (Å²) in [5, 5.41) is 1.27. The van der Waals surface area contributed by atoms with Crippen LogP contribution in [0.5, 0.6) is 0 Å². The van der Waals surface area contributed by atoms with Crippen molar-refractivity contribution in [3.63, 3.8) is 0 Å². The first-order valence-electron chi connectivity index (χ1n) is 11.6. The molecule has 0 aliphatic carbocycles. The minimum absolute atomic E-state index is 0.0633. The molecule has 5 rings (SSSR count). The molecule has 1 amide bonds. The number of thioether (sulfide) groups is 1. The van der Waals surface area contributed by atoms with E-state index in [0.717, 1.165) is 53.9 Å². The number of hydrogen-bond acceptors (Lipinski definition) is 4. The van der Waals surface area contributed by atoms with Gasteiger partial charge in [-0.15, -0.1) is 0 Å². The lowest BCUT2D eigenvalue weighted by molar-refractivity contribution is 0.0793. The van der Waals surface area contributed by atoms with Crippen molar-refractivity contribution in [3.05, 3.63) is 99.3 Å². The van der Waals surface area contributed by atoms with Crippen LogP contribution >= 0.6 is 11.8 Å². The number of carbonyl (C=O) groups excluding carboxylic acids is 1. The van der Waals surface area contributed by atoms with Crippen molar-refractivity contribution in [3.8, 4) is 5.69 Å². The van der Waals surface area contributed by atoms with Gasteiger partial charge in [0.15, 0.2) is 5.16 Å². The second-order valence-corrected chi connectivity index (χ2v) is 9.77. The summed E-state index contributed by atoms with van der Waals surface area (Å²) in [7, 11) is 0. The molecular formula is C28H27N3O2S. The van der Waals surface area contributed by atoms with Crippen molar-refractivity contribution < 1.29 is 4.79 Å². The Bertz CT molecular complexity index is 1420. The van der Waals surface area contributed by atoms with Crippen LogP contribution in [0.15, 0.2) is 76.7 Å². The van der Waals surface area contributed by atoms with E-state index in [9.17, 15) is 9.59 Å². The summed E-state index contributed by atoms with van der Waals surface area (Å²) < 4.78 is 1.73. The molecule has 0 unspecified atom stereocenters. The Hall–Kier alpha value is -3.38. The highest BCUT2D eigenvalue weighted by Crippen LogP contribution is 2.26. The number of hydrogen-bond donors (Lipinski definition) is 0. The topological polar surface area (TPSA) is 55.2 Å². The number of benzene rings is 3. The van der Waals surface area contributed by atoms with Crippen LogP contribution < -0.4 is 5.56 Å². The van der Waals surface area contributed by atoms with Crippen LogP contribution in [0.25, 0.3) is 16.6 Å². The van der Waals surface area contributed by atoms with Crippen molar-refractivity contribution in [1.82, 2.24) is 14.5 Å². The van der Waals surface area contributed by atoms with Gasteiger partial charge in [0, 0.05) is 24.4 Å². The van der Waals surface area contributed by atoms with Crippen LogP contribution in [-0.4, -0.2) is 33.4 Å². The van der Waals surface area contributed by atoms with E-state index in [-0.39, 0.29) is 11.5 Å². The third kappa shape index (κ3) is 4.38. The quantitative estimate of drug-likeness (QED) is 0.285. The van der Waals surface area contributed by atoms with Gasteiger partial charge in [0.25, 0.3) is 11.5 Å². The van der Waals surface area contributed by atoms with Crippen LogP contribution in [0.1, 0.15) is 39.9 Å². The van der Waals surface area contributed by atoms with E-state index in [1.165, 1.54) is 11.8 Å². The molecule has 0 radical (unpaired) electrons. The maximum Gasteiger partial charge on any atom is 0.266 e. The van der Waals surface area contributed by atoms with Gasteiger partial charge in [0.1, 0.15) is 0 Å². The number of aryl methyl sites for hydroxylation is 2. The first kappa shape index (κ1) is 22.4. The van der Waals surface area contributed by atoms with Crippen LogP contribution in [0.3, 0.4) is 0 Å². The molecule has 3 aromatic carbocycles. The predicted molar refractivity (Wildman–Crippen MR) is 138 cm³/mol. The second-order valence-electron chi connectivity index (χ2n) is 8.83. The highest BCUT2D eigenvalue weighted by atomic mass is 32.2. The van der Waals surface area contributed by atoms with E-state index in [2.05, 4.69) is 6.07 Å². The largest absolute Gasteiger partial charge is 0.339 e. The molecule has 1 aliphatic rings. The number of aromatic nitrogens is 2. The molecule has 1 saturated heterocycles. The van der Waals surface area contributed by atoms with Gasteiger partial charge < -0.3 is 4.90 Å². The van der Waals surface area contributed by atoms with Crippen molar-refractivity contribution in [1.29, 1.82) is 0 Å². The molecule has 0 saturated carbocycles. The zero-order valence-electron chi connectivity index (χ0n) is 19.5. The Balaban J connectivity index is 1.46. The molecule has 0 atom stereocenters. The predicted octanol–water partition coefficient (Wildman–Crippen LogP) is 5.53. The SMILES string of the molecule is Cc1ccc(-n2c(SCc3ccc(C(=O)N4CCCC4)cc3)nc3ccccc3c2=O)c(C)c1. The van der Waals surface area contributed by atoms with Crippen molar-refractivity contribution in [2.45, 2.75) is 37.6 Å². The van der Waals surface area contributed by atoms with Crippen molar-refractivity contribution in [2.24, 2.45) is 0 Å². The van der Waals surface area contributed by atoms with Gasteiger partial charge in [0.2, 0.25) is 0 Å². The Morgan fingerprint density at radius 3 is 2.44 bits per heavy atom. The van der Waals surface area contributed by atoms with E-state index < -0.39 is 0 Å². The number of rotatable bonds is 5. The van der Waals surface area contributed by atoms with Gasteiger partial charge in [-0.2, -0.15) is 0 Å². The average molecular weight is 470 g/mol. The normalized spacial score (nSPS) is 13.5. The van der Waals surface area contributed by atoms with E-state index in [1.54, 1.807) is 4.57 Å². The summed E-state index contributed by atoms with van der Waals surface area (Å²) in [4.78, 5) is 32.9. The summed E-state index contributed by atoms with van der Waals surface area (Å²) in [6.45, 7) is 5.76. The number of para-hydroxylation sites is 1. The van der Waals surface area contributed by atoms with Crippen LogP contribution in [0, 0.1) is 13.8 Å². The molecule has 34 heavy (non-hydrogen) atoms. The molecule has 1 aromatic heterocycles. The molecular weight excluding hydrogens is 442 g/mol. The third-order valence-electron chi connectivity index (χ3n) is 6.30. The number of likely N-dealkylation sites (tertiary alicyclic amines) is 1. The Labute approximate surface area is 203 Å². The van der Waals surface area contributed by atoms with Crippen LogP contribution in [-0.2, 0) is 5.75 Å². The number of amides is 1. The number of carbonyl (C=O) groups is 1. The van der Waals surface area contributed by atoms with Crippen LogP contribution in [0.2, 0.25) is 0 Å². The molecule has 1 aliphatic heterocycles. The first-order valence-corrected chi connectivity index (χ1v) is 12.6. The van der Waals surface area contributed by atoms with E-state index >= 15 is 0 Å². The fourth-order valence-electron chi connectivity index (χ4n) is 4.47. The number of nitrogens with zero attached hydrogens (tertiary/aromatic N) is 3. The Morgan fingerprint density at radius 2 is 1.71 bits per heavy atom. The van der Waals surface area contributed by atoms with E-state index in [0.29, 0.717) is 21.8 Å². The smallest absolute Gasteiger partial charge is 0.266 e. The molecule has 1 fully saturated rings. The first-order chi connectivity index (χ1) is 16.5. The summed E-state index contributed by atoms with van der Waals surface area (Å²) in [6, 6.07) is 21.4. The zero-order chi connectivity index (χ0) is 23.7. The maximum atomic E-state index is 13.5. The molecule has 5 nitrogen and oxygen atoms in total. The molecule has 0 bridgehead atoms. The molecule has 172 valence electrons. The highest BCUT2D eigenvalue weighted by molar-refractivity contribution is 7.98. The highest BCUT2D eigenvalue weighted by Gasteiger charge is 2.19. The Kier molecular flexibility index (Phi) is 6.24. The third-order valence-corrected chi connectivity index (χ3v) is 7.31. The van der Waals surface area contributed by atoms with Gasteiger partial charge in [-0.3, -0.25) is 14.2 Å². The summed E-state index contributed by atoms with van der Waals surface area (Å²) >= 11 is 1.53. The summed E-state index contributed by atoms with van der Waals surface area (Å²) in [5.41, 5.74) is 5.48. The minimum Gasteiger partial charge on any atom is -0.339 e. The molecule has 6 heteroatoms. The second kappa shape index (κ2) is 9.47. The standard InChI is InChI=1S/C28H27N3O2S/c1-19-9-14-25(20(2)17-19)31-27(33)23-7-3-4-8-24(23)29-28(31)34-18-21-10-12-22(13-11-21)26(32)30-15-5-6-16-30/h3-4,7-14,17H,5-6,15-16,18H2,1-2H3. The fraction of sp³-hybridized carbons (Fsp3) is 0.250. The summed E-state index contributed by atoms with van der Waals surface area (Å²) in [6.07, 6.45) is 2.17. The Morgan fingerprint density at radius 1 is 0.971 bits per heavy atom. The van der Waals surface area contributed by atoms with Crippen molar-refractivity contribution in [2.75, 3.05) is 13.1 Å². The van der Waals surface area contributed by atoms with E-state index in [1.807, 2.05) is 79.4 Å². The van der Waals surface area contributed by atoms with E-state index in [4.69, 9.17) is 4.98 Å². The summed E-state index contributed by atoms with van der Waals surface area (Å²) in [5.74, 6) is 0.755. The average Bonchev–Trinajstić information content (AvgIpc) is 3.39. The number of fused-ring (bicyclic) bond motifs is 1. The molecule has 4 aromatic rings.